The summed E-state index contributed by atoms with van der Waals surface area (Å²) in [5.41, 5.74) is 0.690. The largest absolute Gasteiger partial charge is 0.443 e. The first-order valence-corrected chi connectivity index (χ1v) is 15.4. The highest BCUT2D eigenvalue weighted by molar-refractivity contribution is 7.89. The fourth-order valence-electron chi connectivity index (χ4n) is 5.22. The molecule has 2 aliphatic heterocycles. The molecule has 0 unspecified atom stereocenters. The van der Waals surface area contributed by atoms with Crippen LogP contribution in [0.25, 0.3) is 0 Å². The Morgan fingerprint density at radius 3 is 2.36 bits per heavy atom. The van der Waals surface area contributed by atoms with E-state index in [2.05, 4.69) is 5.32 Å². The average Bonchev–Trinajstić information content (AvgIpc) is 3.52. The Morgan fingerprint density at radius 1 is 1.07 bits per heavy atom. The zero-order valence-corrected chi connectivity index (χ0v) is 24.6. The van der Waals surface area contributed by atoms with Crippen LogP contribution in [0, 0.1) is 23.5 Å². The molecule has 2 aliphatic rings. The summed E-state index contributed by atoms with van der Waals surface area (Å²) in [5, 5.41) is 23.7. The molecule has 0 saturated carbocycles. The van der Waals surface area contributed by atoms with Gasteiger partial charge in [-0.2, -0.15) is 4.31 Å². The van der Waals surface area contributed by atoms with Crippen molar-refractivity contribution in [2.45, 2.75) is 69.2 Å². The van der Waals surface area contributed by atoms with Crippen LogP contribution >= 0.6 is 0 Å². The summed E-state index contributed by atoms with van der Waals surface area (Å²) in [4.78, 5) is 12.9. The maximum atomic E-state index is 14.0. The van der Waals surface area contributed by atoms with Crippen molar-refractivity contribution in [1.29, 1.82) is 0 Å². The van der Waals surface area contributed by atoms with Crippen LogP contribution in [-0.4, -0.2) is 79.9 Å². The number of nitrogens with one attached hydrogen (secondary N) is 1. The fraction of sp³-hybridized carbons (Fsp3) is 0.552. The van der Waals surface area contributed by atoms with E-state index in [0.717, 1.165) is 16.4 Å². The van der Waals surface area contributed by atoms with Gasteiger partial charge < -0.3 is 29.7 Å². The number of fused-ring (bicyclic) bond motifs is 1. The molecule has 0 spiro atoms. The lowest BCUT2D eigenvalue weighted by Crippen LogP contribution is -2.51. The minimum absolute atomic E-state index is 0.0366. The molecule has 3 N–H and O–H groups in total. The van der Waals surface area contributed by atoms with E-state index in [1.165, 1.54) is 24.3 Å². The van der Waals surface area contributed by atoms with Gasteiger partial charge >= 0.3 is 6.09 Å². The molecular weight excluding hydrogens is 574 g/mol. The monoisotopic (exact) mass is 612 g/mol. The first-order valence-electron chi connectivity index (χ1n) is 13.9. The molecule has 0 aliphatic carbocycles. The van der Waals surface area contributed by atoms with E-state index in [4.69, 9.17) is 14.2 Å². The van der Waals surface area contributed by atoms with Gasteiger partial charge in [0.2, 0.25) is 10.0 Å². The number of nitrogens with zero attached hydrogens (tertiary/aromatic N) is 1. The Bertz CT molecular complexity index is 1310. The lowest BCUT2D eigenvalue weighted by molar-refractivity contribution is -0.0907. The van der Waals surface area contributed by atoms with Gasteiger partial charge in [0.1, 0.15) is 17.7 Å². The van der Waals surface area contributed by atoms with Crippen LogP contribution in [0.1, 0.15) is 44.4 Å². The van der Waals surface area contributed by atoms with Crippen LogP contribution in [0.3, 0.4) is 0 Å². The highest BCUT2D eigenvalue weighted by atomic mass is 32.2. The summed E-state index contributed by atoms with van der Waals surface area (Å²) in [7, 11) is -4.11. The molecule has 6 atom stereocenters. The van der Waals surface area contributed by atoms with Gasteiger partial charge in [-0.3, -0.25) is 0 Å². The van der Waals surface area contributed by atoms with Crippen LogP contribution in [-0.2, 0) is 30.7 Å². The topological polar surface area (TPSA) is 135 Å². The molecule has 42 heavy (non-hydrogen) atoms. The maximum absolute atomic E-state index is 14.0. The summed E-state index contributed by atoms with van der Waals surface area (Å²) >= 11 is 0. The molecule has 13 heteroatoms. The fourth-order valence-corrected chi connectivity index (χ4v) is 6.84. The SMILES string of the molecule is CC(C)CN(C[C@@H](O)[C@H](Cc1cc(F)cc(F)c1)NC(=O)O[C@H]1CO[C@H]2OCC[C@H]21)S(=O)(=O)c1ccc([C@@H](C)O)cc1. The number of hydrogen-bond acceptors (Lipinski definition) is 8. The summed E-state index contributed by atoms with van der Waals surface area (Å²) in [6, 6.07) is 7.46. The third-order valence-electron chi connectivity index (χ3n) is 7.35. The van der Waals surface area contributed by atoms with E-state index in [-0.39, 0.29) is 41.9 Å². The molecule has 2 aromatic carbocycles. The van der Waals surface area contributed by atoms with Gasteiger partial charge in [-0.25, -0.2) is 22.0 Å². The smallest absolute Gasteiger partial charge is 0.407 e. The number of sulfonamides is 1. The van der Waals surface area contributed by atoms with Crippen LogP contribution in [0.5, 0.6) is 0 Å². The molecule has 4 rings (SSSR count). The first-order chi connectivity index (χ1) is 19.8. The van der Waals surface area contributed by atoms with Crippen molar-refractivity contribution in [1.82, 2.24) is 9.62 Å². The van der Waals surface area contributed by atoms with Gasteiger partial charge in [0.05, 0.1) is 42.3 Å². The molecule has 10 nitrogen and oxygen atoms in total. The predicted octanol–water partition coefficient (Wildman–Crippen LogP) is 3.12. The molecule has 232 valence electrons. The van der Waals surface area contributed by atoms with E-state index in [9.17, 15) is 32.2 Å². The zero-order chi connectivity index (χ0) is 30.6. The number of carbonyl (C=O) groups excluding carboxylic acids is 1. The molecule has 1 amide bonds. The van der Waals surface area contributed by atoms with Crippen molar-refractivity contribution in [3.05, 3.63) is 65.2 Å². The predicted molar refractivity (Wildman–Crippen MR) is 148 cm³/mol. The zero-order valence-electron chi connectivity index (χ0n) is 23.8. The Morgan fingerprint density at radius 2 is 1.74 bits per heavy atom. The number of aliphatic hydroxyl groups excluding tert-OH is 2. The minimum Gasteiger partial charge on any atom is -0.443 e. The Balaban J connectivity index is 1.55. The quantitative estimate of drug-likeness (QED) is 0.333. The number of amides is 1. The lowest BCUT2D eigenvalue weighted by atomic mass is 10.0. The van der Waals surface area contributed by atoms with Crippen LogP contribution in [0.15, 0.2) is 47.4 Å². The number of benzene rings is 2. The second-order valence-corrected chi connectivity index (χ2v) is 13.2. The van der Waals surface area contributed by atoms with E-state index < -0.39 is 64.9 Å². The van der Waals surface area contributed by atoms with Crippen LogP contribution in [0.4, 0.5) is 13.6 Å². The number of carbonyl (C=O) groups is 1. The number of hydrogen-bond donors (Lipinski definition) is 3. The highest BCUT2D eigenvalue weighted by Gasteiger charge is 2.44. The van der Waals surface area contributed by atoms with E-state index in [1.807, 2.05) is 13.8 Å². The third kappa shape index (κ3) is 8.03. The van der Waals surface area contributed by atoms with Crippen molar-refractivity contribution >= 4 is 16.1 Å². The maximum Gasteiger partial charge on any atom is 0.407 e. The first kappa shape index (κ1) is 32.2. The average molecular weight is 613 g/mol. The molecule has 0 bridgehead atoms. The van der Waals surface area contributed by atoms with Gasteiger partial charge in [-0.1, -0.05) is 26.0 Å². The van der Waals surface area contributed by atoms with Crippen molar-refractivity contribution in [3.8, 4) is 0 Å². The van der Waals surface area contributed by atoms with Crippen LogP contribution < -0.4 is 5.32 Å². The van der Waals surface area contributed by atoms with Crippen molar-refractivity contribution < 1.29 is 46.4 Å². The van der Waals surface area contributed by atoms with E-state index in [0.29, 0.717) is 24.7 Å². The molecule has 2 heterocycles. The van der Waals surface area contributed by atoms with E-state index >= 15 is 0 Å². The van der Waals surface area contributed by atoms with E-state index in [1.54, 1.807) is 6.92 Å². The number of aliphatic hydroxyl groups is 2. The molecule has 2 saturated heterocycles. The molecule has 0 aromatic heterocycles. The number of halogens is 2. The molecule has 2 aromatic rings. The van der Waals surface area contributed by atoms with Gasteiger partial charge in [0, 0.05) is 19.2 Å². The van der Waals surface area contributed by atoms with Gasteiger partial charge in [-0.15, -0.1) is 0 Å². The summed E-state index contributed by atoms with van der Waals surface area (Å²) in [6.45, 7) is 5.44. The normalized spacial score (nSPS) is 22.6. The van der Waals surface area contributed by atoms with Gasteiger partial charge in [-0.05, 0) is 61.1 Å². The van der Waals surface area contributed by atoms with Crippen molar-refractivity contribution in [3.63, 3.8) is 0 Å². The lowest BCUT2D eigenvalue weighted by Gasteiger charge is -2.31. The highest BCUT2D eigenvalue weighted by Crippen LogP contribution is 2.33. The summed E-state index contributed by atoms with van der Waals surface area (Å²) in [5.74, 6) is -1.92. The molecular formula is C29H38F2N2O8S. The number of rotatable bonds is 12. The van der Waals surface area contributed by atoms with Crippen molar-refractivity contribution in [2.75, 3.05) is 26.3 Å². The Labute approximate surface area is 244 Å². The van der Waals surface area contributed by atoms with Gasteiger partial charge in [0.15, 0.2) is 6.29 Å². The Hall–Kier alpha value is -2.68. The number of ether oxygens (including phenoxy) is 3. The standard InChI is InChI=1S/C29H38F2N2O8S/c1-17(2)14-33(42(37,38)23-6-4-20(5-7-23)18(3)34)15-26(35)25(12-19-10-21(30)13-22(31)11-19)32-29(36)41-27-16-40-28-24(27)8-9-39-28/h4-7,10-11,13,17-18,24-28,34-35H,8-9,12,14-16H2,1-3H3,(H,32,36)/t18-,24+,25+,26-,27+,28-/m1/s1. The third-order valence-corrected chi connectivity index (χ3v) is 9.19. The summed E-state index contributed by atoms with van der Waals surface area (Å²) < 4.78 is 72.8. The molecule has 2 fully saturated rings. The second kappa shape index (κ2) is 13.7. The van der Waals surface area contributed by atoms with Crippen LogP contribution in [0.2, 0.25) is 0 Å². The van der Waals surface area contributed by atoms with Gasteiger partial charge in [0.25, 0.3) is 0 Å². The second-order valence-electron chi connectivity index (χ2n) is 11.2. The summed E-state index contributed by atoms with van der Waals surface area (Å²) in [6.07, 6.45) is -3.75. The van der Waals surface area contributed by atoms with Crippen molar-refractivity contribution in [2.24, 2.45) is 11.8 Å². The number of alkyl carbamates (subject to hydrolysis) is 1. The Kier molecular flexibility index (Phi) is 10.5. The minimum atomic E-state index is -4.11. The molecule has 0 radical (unpaired) electrons.